The minimum absolute atomic E-state index is 0.113. The first kappa shape index (κ1) is 21.0. The van der Waals surface area contributed by atoms with Gasteiger partial charge in [0.15, 0.2) is 17.4 Å². The van der Waals surface area contributed by atoms with E-state index in [2.05, 4.69) is 4.90 Å². The second-order valence-corrected chi connectivity index (χ2v) is 5.90. The topological polar surface area (TPSA) is 111 Å². The molecule has 1 fully saturated rings. The molecule has 2 N–H and O–H groups in total. The number of amides is 1. The van der Waals surface area contributed by atoms with Crippen LogP contribution in [0.15, 0.2) is 41.0 Å². The zero-order chi connectivity index (χ0) is 20.7. The van der Waals surface area contributed by atoms with E-state index in [-0.39, 0.29) is 5.91 Å². The number of hydrogen-bond donors (Lipinski definition) is 2. The van der Waals surface area contributed by atoms with Crippen molar-refractivity contribution in [3.05, 3.63) is 59.6 Å². The predicted octanol–water partition coefficient (Wildman–Crippen LogP) is 1.67. The van der Waals surface area contributed by atoms with Crippen LogP contribution in [-0.4, -0.2) is 64.0 Å². The Morgan fingerprint density at radius 3 is 2.11 bits per heavy atom. The monoisotopic (exact) mass is 396 g/mol. The van der Waals surface area contributed by atoms with Crippen molar-refractivity contribution in [1.82, 2.24) is 9.80 Å². The number of furan rings is 1. The molecular formula is C18H18F2N2O6. The first-order chi connectivity index (χ1) is 13.3. The number of benzene rings is 1. The Labute approximate surface area is 158 Å². The van der Waals surface area contributed by atoms with Gasteiger partial charge >= 0.3 is 11.9 Å². The van der Waals surface area contributed by atoms with Crippen LogP contribution in [0.25, 0.3) is 0 Å². The van der Waals surface area contributed by atoms with Gasteiger partial charge in [0.05, 0.1) is 6.26 Å². The number of nitrogens with zero attached hydrogens (tertiary/aromatic N) is 2. The zero-order valence-electron chi connectivity index (χ0n) is 14.7. The molecule has 28 heavy (non-hydrogen) atoms. The second-order valence-electron chi connectivity index (χ2n) is 5.90. The molecule has 1 aliphatic rings. The van der Waals surface area contributed by atoms with Crippen LogP contribution >= 0.6 is 0 Å². The highest BCUT2D eigenvalue weighted by molar-refractivity contribution is 6.27. The van der Waals surface area contributed by atoms with Crippen molar-refractivity contribution >= 4 is 17.8 Å². The third kappa shape index (κ3) is 5.88. The van der Waals surface area contributed by atoms with Crippen molar-refractivity contribution in [1.29, 1.82) is 0 Å². The summed E-state index contributed by atoms with van der Waals surface area (Å²) in [4.78, 5) is 34.2. The summed E-state index contributed by atoms with van der Waals surface area (Å²) < 4.78 is 31.2. The average molecular weight is 396 g/mol. The van der Waals surface area contributed by atoms with Gasteiger partial charge in [-0.2, -0.15) is 0 Å². The summed E-state index contributed by atoms with van der Waals surface area (Å²) in [5, 5.41) is 14.8. The second kappa shape index (κ2) is 9.60. The highest BCUT2D eigenvalue weighted by Crippen LogP contribution is 2.14. The summed E-state index contributed by atoms with van der Waals surface area (Å²) in [7, 11) is 0. The van der Waals surface area contributed by atoms with Crippen LogP contribution < -0.4 is 0 Å². The van der Waals surface area contributed by atoms with Gasteiger partial charge in [-0.3, -0.25) is 9.69 Å². The first-order valence-corrected chi connectivity index (χ1v) is 8.23. The molecule has 0 unspecified atom stereocenters. The molecule has 2 aromatic rings. The van der Waals surface area contributed by atoms with E-state index in [1.807, 2.05) is 0 Å². The van der Waals surface area contributed by atoms with Gasteiger partial charge < -0.3 is 19.5 Å². The number of carbonyl (C=O) groups excluding carboxylic acids is 1. The Bertz CT molecular complexity index is 821. The highest BCUT2D eigenvalue weighted by Gasteiger charge is 2.23. The number of carbonyl (C=O) groups is 3. The van der Waals surface area contributed by atoms with E-state index < -0.39 is 23.6 Å². The lowest BCUT2D eigenvalue weighted by Crippen LogP contribution is -2.48. The van der Waals surface area contributed by atoms with E-state index in [4.69, 9.17) is 24.2 Å². The van der Waals surface area contributed by atoms with Crippen LogP contribution in [-0.2, 0) is 16.1 Å². The summed E-state index contributed by atoms with van der Waals surface area (Å²) >= 11 is 0. The Morgan fingerprint density at radius 2 is 1.61 bits per heavy atom. The Kier molecular flexibility index (Phi) is 7.21. The lowest BCUT2D eigenvalue weighted by molar-refractivity contribution is -0.159. The molecule has 0 aliphatic carbocycles. The summed E-state index contributed by atoms with van der Waals surface area (Å²) in [6, 6.07) is 7.28. The van der Waals surface area contributed by atoms with Gasteiger partial charge in [-0.1, -0.05) is 6.07 Å². The van der Waals surface area contributed by atoms with Crippen molar-refractivity contribution in [3.8, 4) is 0 Å². The number of carboxylic acid groups (broad SMARTS) is 2. The van der Waals surface area contributed by atoms with Crippen LogP contribution in [0.2, 0.25) is 0 Å². The number of rotatable bonds is 3. The van der Waals surface area contributed by atoms with E-state index in [0.717, 1.165) is 11.6 Å². The molecule has 150 valence electrons. The van der Waals surface area contributed by atoms with Crippen molar-refractivity contribution in [2.24, 2.45) is 0 Å². The SMILES string of the molecule is O=C(O)C(=O)O.O=C(c1ccco1)N1CCN(Cc2ccc(F)c(F)c2)CC1. The highest BCUT2D eigenvalue weighted by atomic mass is 19.2. The molecule has 1 aliphatic heterocycles. The Balaban J connectivity index is 0.000000409. The van der Waals surface area contributed by atoms with Crippen LogP contribution in [0, 0.1) is 11.6 Å². The largest absolute Gasteiger partial charge is 0.473 e. The first-order valence-electron chi connectivity index (χ1n) is 8.23. The quantitative estimate of drug-likeness (QED) is 0.759. The minimum atomic E-state index is -1.82. The summed E-state index contributed by atoms with van der Waals surface area (Å²) in [5.41, 5.74) is 0.727. The fourth-order valence-electron chi connectivity index (χ4n) is 2.56. The van der Waals surface area contributed by atoms with Gasteiger partial charge in [-0.05, 0) is 29.8 Å². The zero-order valence-corrected chi connectivity index (χ0v) is 14.7. The maximum absolute atomic E-state index is 13.2. The van der Waals surface area contributed by atoms with Gasteiger partial charge in [-0.25, -0.2) is 18.4 Å². The summed E-state index contributed by atoms with van der Waals surface area (Å²) in [6.07, 6.45) is 1.48. The lowest BCUT2D eigenvalue weighted by Gasteiger charge is -2.34. The van der Waals surface area contributed by atoms with Crippen molar-refractivity contribution in [2.75, 3.05) is 26.2 Å². The van der Waals surface area contributed by atoms with Gasteiger partial charge in [0.25, 0.3) is 5.91 Å². The summed E-state index contributed by atoms with van der Waals surface area (Å²) in [5.74, 6) is -5.08. The standard InChI is InChI=1S/C16H16F2N2O2.C2H2O4/c17-13-4-3-12(10-14(13)18)11-19-5-7-20(8-6-19)16(21)15-2-1-9-22-15;3-1(4)2(5)6/h1-4,9-10H,5-8,11H2;(H,3,4)(H,5,6). The molecule has 2 heterocycles. The normalized spacial score (nSPS) is 14.1. The maximum Gasteiger partial charge on any atom is 0.414 e. The van der Waals surface area contributed by atoms with Crippen molar-refractivity contribution in [2.45, 2.75) is 6.54 Å². The van der Waals surface area contributed by atoms with Crippen LogP contribution in [0.1, 0.15) is 16.1 Å². The Hall–Kier alpha value is -3.27. The van der Waals surface area contributed by atoms with Gasteiger partial charge in [0.1, 0.15) is 0 Å². The number of piperazine rings is 1. The van der Waals surface area contributed by atoms with E-state index in [1.165, 1.54) is 12.3 Å². The molecule has 8 nitrogen and oxygen atoms in total. The summed E-state index contributed by atoms with van der Waals surface area (Å²) in [6.45, 7) is 3.09. The van der Waals surface area contributed by atoms with E-state index >= 15 is 0 Å². The van der Waals surface area contributed by atoms with E-state index in [0.29, 0.717) is 38.5 Å². The molecule has 0 radical (unpaired) electrons. The average Bonchev–Trinajstić information content (AvgIpc) is 3.20. The number of aliphatic carboxylic acids is 2. The smallest absolute Gasteiger partial charge is 0.414 e. The number of carboxylic acids is 2. The Morgan fingerprint density at radius 1 is 0.964 bits per heavy atom. The van der Waals surface area contributed by atoms with E-state index in [1.54, 1.807) is 23.1 Å². The predicted molar refractivity (Wildman–Crippen MR) is 91.5 cm³/mol. The number of hydrogen-bond acceptors (Lipinski definition) is 5. The molecule has 1 saturated heterocycles. The number of halogens is 2. The molecule has 3 rings (SSSR count). The molecule has 10 heteroatoms. The minimum Gasteiger partial charge on any atom is -0.473 e. The van der Waals surface area contributed by atoms with E-state index in [9.17, 15) is 13.6 Å². The van der Waals surface area contributed by atoms with Gasteiger partial charge in [0, 0.05) is 32.7 Å². The molecule has 0 spiro atoms. The fraction of sp³-hybridized carbons (Fsp3) is 0.278. The molecule has 1 aromatic carbocycles. The fourth-order valence-corrected chi connectivity index (χ4v) is 2.56. The van der Waals surface area contributed by atoms with Crippen LogP contribution in [0.5, 0.6) is 0 Å². The van der Waals surface area contributed by atoms with Gasteiger partial charge in [0.2, 0.25) is 0 Å². The maximum atomic E-state index is 13.2. The third-order valence-electron chi connectivity index (χ3n) is 3.96. The third-order valence-corrected chi connectivity index (χ3v) is 3.96. The lowest BCUT2D eigenvalue weighted by atomic mass is 10.2. The van der Waals surface area contributed by atoms with Crippen molar-refractivity contribution < 1.29 is 37.8 Å². The van der Waals surface area contributed by atoms with Crippen molar-refractivity contribution in [3.63, 3.8) is 0 Å². The van der Waals surface area contributed by atoms with Gasteiger partial charge in [-0.15, -0.1) is 0 Å². The molecule has 0 saturated carbocycles. The molecule has 1 amide bonds. The molecular weight excluding hydrogens is 378 g/mol. The van der Waals surface area contributed by atoms with Crippen LogP contribution in [0.4, 0.5) is 8.78 Å². The molecule has 0 bridgehead atoms. The molecule has 0 atom stereocenters. The molecule has 1 aromatic heterocycles. The van der Waals surface area contributed by atoms with Crippen LogP contribution in [0.3, 0.4) is 0 Å².